The average Bonchev–Trinajstić information content (AvgIpc) is 2.65. The molecule has 1 unspecified atom stereocenters. The number of pyridine rings is 1. The maximum absolute atomic E-state index is 12.2. The van der Waals surface area contributed by atoms with Crippen LogP contribution in [0.3, 0.4) is 0 Å². The van der Waals surface area contributed by atoms with Gasteiger partial charge in [0.25, 0.3) is 5.56 Å². The van der Waals surface area contributed by atoms with Crippen LogP contribution in [-0.4, -0.2) is 40.3 Å². The lowest BCUT2D eigenvalue weighted by Gasteiger charge is -2.33. The molecule has 2 aromatic rings. The molecule has 0 aromatic carbocycles. The topological polar surface area (TPSA) is 80.1 Å². The number of rotatable bonds is 6. The van der Waals surface area contributed by atoms with Gasteiger partial charge in [-0.2, -0.15) is 5.10 Å². The Morgan fingerprint density at radius 1 is 1.38 bits per heavy atom. The first-order chi connectivity index (χ1) is 12.6. The van der Waals surface area contributed by atoms with Crippen LogP contribution in [0.1, 0.15) is 24.8 Å². The number of amides is 1. The zero-order valence-electron chi connectivity index (χ0n) is 15.1. The molecule has 26 heavy (non-hydrogen) atoms. The molecule has 1 amide bonds. The van der Waals surface area contributed by atoms with Crippen molar-refractivity contribution >= 4 is 11.6 Å². The van der Waals surface area contributed by atoms with Crippen LogP contribution in [0.25, 0.3) is 0 Å². The number of carbonyl (C=O) groups is 1. The minimum absolute atomic E-state index is 0.0860. The van der Waals surface area contributed by atoms with Crippen LogP contribution in [0.4, 0.5) is 5.69 Å². The van der Waals surface area contributed by atoms with Crippen LogP contribution in [0.15, 0.2) is 41.6 Å². The second-order valence-electron chi connectivity index (χ2n) is 6.80. The molecule has 0 spiro atoms. The summed E-state index contributed by atoms with van der Waals surface area (Å²) in [6, 6.07) is 5.53. The Kier molecular flexibility index (Phi) is 5.99. The summed E-state index contributed by atoms with van der Waals surface area (Å²) in [7, 11) is 1.64. The summed E-state index contributed by atoms with van der Waals surface area (Å²) in [5, 5.41) is 7.09. The molecular formula is C19H25N5O2. The normalized spacial score (nSPS) is 17.1. The van der Waals surface area contributed by atoms with Gasteiger partial charge in [0.15, 0.2) is 0 Å². The fraction of sp³-hybridized carbons (Fsp3) is 0.474. The molecule has 7 nitrogen and oxygen atoms in total. The van der Waals surface area contributed by atoms with Crippen molar-refractivity contribution < 1.29 is 4.79 Å². The van der Waals surface area contributed by atoms with E-state index in [1.54, 1.807) is 25.5 Å². The fourth-order valence-corrected chi connectivity index (χ4v) is 3.33. The number of piperidine rings is 1. The Morgan fingerprint density at radius 3 is 3.04 bits per heavy atom. The van der Waals surface area contributed by atoms with Gasteiger partial charge in [-0.3, -0.25) is 14.6 Å². The molecule has 1 N–H and O–H groups in total. The van der Waals surface area contributed by atoms with Gasteiger partial charge in [-0.25, -0.2) is 4.68 Å². The van der Waals surface area contributed by atoms with Crippen LogP contribution in [0, 0.1) is 5.92 Å². The van der Waals surface area contributed by atoms with Crippen molar-refractivity contribution in [3.05, 3.63) is 52.7 Å². The van der Waals surface area contributed by atoms with Crippen molar-refractivity contribution in [3.63, 3.8) is 0 Å². The van der Waals surface area contributed by atoms with E-state index in [0.29, 0.717) is 18.9 Å². The molecular weight excluding hydrogens is 330 g/mol. The summed E-state index contributed by atoms with van der Waals surface area (Å²) in [4.78, 5) is 30.3. The zero-order valence-corrected chi connectivity index (χ0v) is 15.1. The van der Waals surface area contributed by atoms with E-state index >= 15 is 0 Å². The fourth-order valence-electron chi connectivity index (χ4n) is 3.33. The number of hydrogen-bond donors (Lipinski definition) is 1. The Morgan fingerprint density at radius 2 is 2.27 bits per heavy atom. The summed E-state index contributed by atoms with van der Waals surface area (Å²) in [6.45, 7) is 2.30. The van der Waals surface area contributed by atoms with E-state index in [-0.39, 0.29) is 11.5 Å². The highest BCUT2D eigenvalue weighted by atomic mass is 16.1. The molecule has 3 rings (SSSR count). The van der Waals surface area contributed by atoms with Gasteiger partial charge in [-0.05, 0) is 36.8 Å². The van der Waals surface area contributed by atoms with Gasteiger partial charge in [-0.1, -0.05) is 6.07 Å². The number of aryl methyl sites for hydroxylation is 1. The Balaban J connectivity index is 1.47. The summed E-state index contributed by atoms with van der Waals surface area (Å²) < 4.78 is 1.32. The molecule has 0 saturated carbocycles. The molecule has 138 valence electrons. The third kappa shape index (κ3) is 4.91. The molecule has 0 aliphatic carbocycles. The smallest absolute Gasteiger partial charge is 0.268 e. The summed E-state index contributed by atoms with van der Waals surface area (Å²) in [6.07, 6.45) is 8.64. The lowest BCUT2D eigenvalue weighted by molar-refractivity contribution is -0.122. The predicted molar refractivity (Wildman–Crippen MR) is 100.0 cm³/mol. The lowest BCUT2D eigenvalue weighted by atomic mass is 9.94. The average molecular weight is 355 g/mol. The maximum Gasteiger partial charge on any atom is 0.268 e. The largest absolute Gasteiger partial charge is 0.370 e. The number of aromatic nitrogens is 3. The first-order valence-corrected chi connectivity index (χ1v) is 9.06. The molecule has 1 fully saturated rings. The molecule has 1 saturated heterocycles. The van der Waals surface area contributed by atoms with Crippen molar-refractivity contribution in [1.82, 2.24) is 20.1 Å². The second kappa shape index (κ2) is 8.60. The Labute approximate surface area is 153 Å². The van der Waals surface area contributed by atoms with Crippen LogP contribution >= 0.6 is 0 Å². The minimum Gasteiger partial charge on any atom is -0.370 e. The maximum atomic E-state index is 12.2. The third-order valence-electron chi connectivity index (χ3n) is 4.77. The van der Waals surface area contributed by atoms with Gasteiger partial charge in [0.05, 0.1) is 11.9 Å². The van der Waals surface area contributed by atoms with Gasteiger partial charge in [-0.15, -0.1) is 0 Å². The molecule has 3 heterocycles. The molecule has 0 radical (unpaired) electrons. The van der Waals surface area contributed by atoms with Crippen LogP contribution < -0.4 is 15.8 Å². The SMILES string of the molecule is Cn1ncc(N2CCCC(CC(=O)NCCc3cccnc3)C2)cc1=O. The van der Waals surface area contributed by atoms with Crippen LogP contribution in [-0.2, 0) is 18.3 Å². The standard InChI is InChI=1S/C19H25N5O2/c1-23-19(26)11-17(13-22-23)24-9-3-5-16(14-24)10-18(25)21-8-6-15-4-2-7-20-12-15/h2,4,7,11-13,16H,3,5-6,8-10,14H2,1H3,(H,21,25). The third-order valence-corrected chi connectivity index (χ3v) is 4.77. The summed E-state index contributed by atoms with van der Waals surface area (Å²) in [5.74, 6) is 0.383. The Hall–Kier alpha value is -2.70. The van der Waals surface area contributed by atoms with Crippen molar-refractivity contribution in [3.8, 4) is 0 Å². The van der Waals surface area contributed by atoms with Crippen molar-refractivity contribution in [2.24, 2.45) is 13.0 Å². The van der Waals surface area contributed by atoms with Gasteiger partial charge < -0.3 is 10.2 Å². The number of nitrogens with zero attached hydrogens (tertiary/aromatic N) is 4. The highest BCUT2D eigenvalue weighted by Gasteiger charge is 2.23. The minimum atomic E-state index is -0.113. The lowest BCUT2D eigenvalue weighted by Crippen LogP contribution is -2.39. The molecule has 1 atom stereocenters. The van der Waals surface area contributed by atoms with E-state index < -0.39 is 0 Å². The summed E-state index contributed by atoms with van der Waals surface area (Å²) in [5.41, 5.74) is 1.85. The first kappa shape index (κ1) is 18.1. The van der Waals surface area contributed by atoms with Crippen LogP contribution in [0.5, 0.6) is 0 Å². The number of hydrogen-bond acceptors (Lipinski definition) is 5. The van der Waals surface area contributed by atoms with Crippen LogP contribution in [0.2, 0.25) is 0 Å². The van der Waals surface area contributed by atoms with E-state index in [4.69, 9.17) is 0 Å². The van der Waals surface area contributed by atoms with E-state index in [9.17, 15) is 9.59 Å². The molecule has 2 aromatic heterocycles. The highest BCUT2D eigenvalue weighted by Crippen LogP contribution is 2.23. The molecule has 1 aliphatic heterocycles. The van der Waals surface area contributed by atoms with Crippen molar-refractivity contribution in [2.75, 3.05) is 24.5 Å². The van der Waals surface area contributed by atoms with E-state index in [2.05, 4.69) is 20.3 Å². The van der Waals surface area contributed by atoms with Gasteiger partial charge in [0.2, 0.25) is 5.91 Å². The van der Waals surface area contributed by atoms with Crippen molar-refractivity contribution in [1.29, 1.82) is 0 Å². The second-order valence-corrected chi connectivity index (χ2v) is 6.80. The van der Waals surface area contributed by atoms with Gasteiger partial charge in [0, 0.05) is 51.6 Å². The summed E-state index contributed by atoms with van der Waals surface area (Å²) >= 11 is 0. The number of carbonyl (C=O) groups excluding carboxylic acids is 1. The molecule has 7 heteroatoms. The van der Waals surface area contributed by atoms with Gasteiger partial charge in [0.1, 0.15) is 0 Å². The monoisotopic (exact) mass is 355 g/mol. The predicted octanol–water partition coefficient (Wildman–Crippen LogP) is 1.14. The van der Waals surface area contributed by atoms with E-state index in [1.165, 1.54) is 4.68 Å². The number of nitrogens with one attached hydrogen (secondary N) is 1. The highest BCUT2D eigenvalue weighted by molar-refractivity contribution is 5.76. The number of anilines is 1. The molecule has 1 aliphatic rings. The van der Waals surface area contributed by atoms with Gasteiger partial charge >= 0.3 is 0 Å². The van der Waals surface area contributed by atoms with Crippen molar-refractivity contribution in [2.45, 2.75) is 25.7 Å². The first-order valence-electron chi connectivity index (χ1n) is 9.06. The molecule has 0 bridgehead atoms. The van der Waals surface area contributed by atoms with E-state index in [1.807, 2.05) is 18.3 Å². The van der Waals surface area contributed by atoms with E-state index in [0.717, 1.165) is 43.6 Å². The quantitative estimate of drug-likeness (QED) is 0.841. The zero-order chi connectivity index (χ0) is 18.4. The Bertz CT molecular complexity index is 790.